The Hall–Kier alpha value is -1.07. The molecule has 1 amide bonds. The van der Waals surface area contributed by atoms with E-state index in [1.165, 1.54) is 29.7 Å². The van der Waals surface area contributed by atoms with E-state index in [2.05, 4.69) is 5.32 Å². The van der Waals surface area contributed by atoms with Crippen LogP contribution in [0, 0.1) is 0 Å². The maximum Gasteiger partial charge on any atom is 0.341 e. The first-order chi connectivity index (χ1) is 9.54. The first kappa shape index (κ1) is 15.3. The van der Waals surface area contributed by atoms with Crippen LogP contribution in [0.15, 0.2) is 0 Å². The number of nitrogens with one attached hydrogen (secondary N) is 1. The number of carbonyl (C=O) groups excluding carboxylic acids is 2. The average molecular weight is 316 g/mol. The normalized spacial score (nSPS) is 15.9. The number of rotatable bonds is 3. The lowest BCUT2D eigenvalue weighted by Crippen LogP contribution is -2.21. The second kappa shape index (κ2) is 6.59. The molecule has 1 heterocycles. The standard InChI is InChI=1S/C14H18ClNO3S/c1-8(15)12(17)16-13-11(14(18)19-2)9-6-4-3-5-7-10(9)20-13/h8H,3-7H2,1-2H3,(H,16,17)/t8-/m0/s1. The van der Waals surface area contributed by atoms with Gasteiger partial charge >= 0.3 is 5.97 Å². The van der Waals surface area contributed by atoms with Gasteiger partial charge in [-0.05, 0) is 38.2 Å². The molecular formula is C14H18ClNO3S. The van der Waals surface area contributed by atoms with Gasteiger partial charge < -0.3 is 10.1 Å². The molecule has 6 heteroatoms. The van der Waals surface area contributed by atoms with Gasteiger partial charge in [-0.25, -0.2) is 4.79 Å². The molecule has 1 N–H and O–H groups in total. The van der Waals surface area contributed by atoms with Crippen LogP contribution in [0.25, 0.3) is 0 Å². The molecule has 1 atom stereocenters. The van der Waals surface area contributed by atoms with Gasteiger partial charge in [-0.2, -0.15) is 0 Å². The molecule has 0 radical (unpaired) electrons. The minimum Gasteiger partial charge on any atom is -0.465 e. The maximum absolute atomic E-state index is 12.0. The summed E-state index contributed by atoms with van der Waals surface area (Å²) in [5.41, 5.74) is 1.55. The first-order valence-corrected chi connectivity index (χ1v) is 7.97. The zero-order valence-electron chi connectivity index (χ0n) is 11.6. The Labute approximate surface area is 127 Å². The average Bonchev–Trinajstić information content (AvgIpc) is 2.59. The van der Waals surface area contributed by atoms with Crippen molar-refractivity contribution in [3.8, 4) is 0 Å². The largest absolute Gasteiger partial charge is 0.465 e. The van der Waals surface area contributed by atoms with Gasteiger partial charge in [0.25, 0.3) is 0 Å². The first-order valence-electron chi connectivity index (χ1n) is 6.72. The number of aryl methyl sites for hydroxylation is 1. The van der Waals surface area contributed by atoms with Crippen molar-refractivity contribution in [3.05, 3.63) is 16.0 Å². The van der Waals surface area contributed by atoms with E-state index in [9.17, 15) is 9.59 Å². The van der Waals surface area contributed by atoms with E-state index in [-0.39, 0.29) is 11.9 Å². The van der Waals surface area contributed by atoms with Gasteiger partial charge in [-0.15, -0.1) is 22.9 Å². The summed E-state index contributed by atoms with van der Waals surface area (Å²) in [5, 5.41) is 2.68. The Morgan fingerprint density at radius 3 is 2.65 bits per heavy atom. The second-order valence-corrected chi connectivity index (χ2v) is 6.63. The number of esters is 1. The van der Waals surface area contributed by atoms with Crippen molar-refractivity contribution in [2.45, 2.75) is 44.4 Å². The highest BCUT2D eigenvalue weighted by Gasteiger charge is 2.26. The molecule has 110 valence electrons. The lowest BCUT2D eigenvalue weighted by atomic mass is 10.1. The molecule has 0 aliphatic heterocycles. The molecule has 1 aromatic rings. The van der Waals surface area contributed by atoms with Gasteiger partial charge in [0.15, 0.2) is 0 Å². The monoisotopic (exact) mass is 315 g/mol. The zero-order valence-corrected chi connectivity index (χ0v) is 13.2. The molecule has 0 fully saturated rings. The summed E-state index contributed by atoms with van der Waals surface area (Å²) in [6, 6.07) is 0. The molecule has 4 nitrogen and oxygen atoms in total. The molecule has 1 aromatic heterocycles. The second-order valence-electron chi connectivity index (χ2n) is 4.87. The third-order valence-corrected chi connectivity index (χ3v) is 4.81. The van der Waals surface area contributed by atoms with Crippen LogP contribution in [0.2, 0.25) is 0 Å². The Bertz CT molecular complexity index is 525. The highest BCUT2D eigenvalue weighted by Crippen LogP contribution is 2.38. The number of thiophene rings is 1. The fourth-order valence-corrected chi connectivity index (χ4v) is 3.69. The van der Waals surface area contributed by atoms with Gasteiger partial charge in [-0.1, -0.05) is 6.42 Å². The number of fused-ring (bicyclic) bond motifs is 1. The van der Waals surface area contributed by atoms with Crippen LogP contribution >= 0.6 is 22.9 Å². The smallest absolute Gasteiger partial charge is 0.341 e. The molecule has 20 heavy (non-hydrogen) atoms. The van der Waals surface area contributed by atoms with E-state index in [0.29, 0.717) is 10.6 Å². The van der Waals surface area contributed by atoms with Crippen LogP contribution in [0.1, 0.15) is 47.0 Å². The Kier molecular flexibility index (Phi) is 5.05. The number of amides is 1. The van der Waals surface area contributed by atoms with Crippen LogP contribution in [0.5, 0.6) is 0 Å². The lowest BCUT2D eigenvalue weighted by Gasteiger charge is -2.08. The predicted molar refractivity (Wildman–Crippen MR) is 80.9 cm³/mol. The third kappa shape index (κ3) is 3.15. The van der Waals surface area contributed by atoms with Crippen molar-refractivity contribution >= 4 is 39.8 Å². The summed E-state index contributed by atoms with van der Waals surface area (Å²) in [6.45, 7) is 1.60. The molecular weight excluding hydrogens is 298 g/mol. The topological polar surface area (TPSA) is 55.4 Å². The Balaban J connectivity index is 2.40. The van der Waals surface area contributed by atoms with Gasteiger partial charge in [0.2, 0.25) is 5.91 Å². The van der Waals surface area contributed by atoms with Crippen molar-refractivity contribution in [2.75, 3.05) is 12.4 Å². The predicted octanol–water partition coefficient (Wildman–Crippen LogP) is 3.37. The molecule has 0 spiro atoms. The molecule has 0 bridgehead atoms. The van der Waals surface area contributed by atoms with E-state index in [1.807, 2.05) is 0 Å². The van der Waals surface area contributed by atoms with Crippen molar-refractivity contribution in [3.63, 3.8) is 0 Å². The van der Waals surface area contributed by atoms with E-state index in [4.69, 9.17) is 16.3 Å². The Morgan fingerprint density at radius 1 is 1.30 bits per heavy atom. The number of hydrogen-bond acceptors (Lipinski definition) is 4. The summed E-state index contributed by atoms with van der Waals surface area (Å²) in [4.78, 5) is 25.0. The number of ether oxygens (including phenoxy) is 1. The lowest BCUT2D eigenvalue weighted by molar-refractivity contribution is -0.115. The van der Waals surface area contributed by atoms with Crippen LogP contribution in [0.4, 0.5) is 5.00 Å². The van der Waals surface area contributed by atoms with Crippen molar-refractivity contribution in [1.29, 1.82) is 0 Å². The molecule has 1 aliphatic carbocycles. The molecule has 0 saturated carbocycles. The summed E-state index contributed by atoms with van der Waals surface area (Å²) in [5.74, 6) is -0.685. The van der Waals surface area contributed by atoms with E-state index in [0.717, 1.165) is 31.2 Å². The van der Waals surface area contributed by atoms with E-state index >= 15 is 0 Å². The highest BCUT2D eigenvalue weighted by molar-refractivity contribution is 7.17. The van der Waals surface area contributed by atoms with Gasteiger partial charge in [0.05, 0.1) is 12.7 Å². The summed E-state index contributed by atoms with van der Waals surface area (Å²) in [6.07, 6.45) is 5.17. The van der Waals surface area contributed by atoms with Crippen molar-refractivity contribution < 1.29 is 14.3 Å². The zero-order chi connectivity index (χ0) is 14.7. The highest BCUT2D eigenvalue weighted by atomic mass is 35.5. The molecule has 0 unspecified atom stereocenters. The van der Waals surface area contributed by atoms with Crippen LogP contribution in [0.3, 0.4) is 0 Å². The number of hydrogen-bond donors (Lipinski definition) is 1. The van der Waals surface area contributed by atoms with Crippen LogP contribution < -0.4 is 5.32 Å². The van der Waals surface area contributed by atoms with Crippen molar-refractivity contribution in [1.82, 2.24) is 0 Å². The minimum absolute atomic E-state index is 0.298. The van der Waals surface area contributed by atoms with Gasteiger partial charge in [0, 0.05) is 4.88 Å². The quantitative estimate of drug-likeness (QED) is 0.528. The summed E-state index contributed by atoms with van der Waals surface area (Å²) in [7, 11) is 1.36. The summed E-state index contributed by atoms with van der Waals surface area (Å²) < 4.78 is 4.87. The number of anilines is 1. The van der Waals surface area contributed by atoms with Gasteiger partial charge in [0.1, 0.15) is 10.4 Å². The number of carbonyl (C=O) groups is 2. The molecule has 2 rings (SSSR count). The third-order valence-electron chi connectivity index (χ3n) is 3.41. The number of methoxy groups -OCH3 is 1. The Morgan fingerprint density at radius 2 is 2.00 bits per heavy atom. The maximum atomic E-state index is 12.0. The fraction of sp³-hybridized carbons (Fsp3) is 0.571. The molecule has 0 aromatic carbocycles. The van der Waals surface area contributed by atoms with E-state index in [1.54, 1.807) is 6.92 Å². The molecule has 1 aliphatic rings. The van der Waals surface area contributed by atoms with Crippen LogP contribution in [-0.2, 0) is 22.4 Å². The van der Waals surface area contributed by atoms with Crippen molar-refractivity contribution in [2.24, 2.45) is 0 Å². The minimum atomic E-state index is -0.637. The summed E-state index contributed by atoms with van der Waals surface area (Å²) >= 11 is 7.25. The van der Waals surface area contributed by atoms with Crippen LogP contribution in [-0.4, -0.2) is 24.4 Å². The fourth-order valence-electron chi connectivity index (χ4n) is 2.36. The van der Waals surface area contributed by atoms with Gasteiger partial charge in [-0.3, -0.25) is 4.79 Å². The van der Waals surface area contributed by atoms with E-state index < -0.39 is 5.38 Å². The number of alkyl halides is 1. The SMILES string of the molecule is COC(=O)c1c(NC(=O)[C@H](C)Cl)sc2c1CCCCC2. The molecule has 0 saturated heterocycles. The number of halogens is 1.